The van der Waals surface area contributed by atoms with Gasteiger partial charge in [0.2, 0.25) is 0 Å². The highest BCUT2D eigenvalue weighted by atomic mass is 16.6. The van der Waals surface area contributed by atoms with Crippen molar-refractivity contribution in [2.24, 2.45) is 0 Å². The van der Waals surface area contributed by atoms with Crippen LogP contribution in [0.5, 0.6) is 0 Å². The van der Waals surface area contributed by atoms with E-state index in [9.17, 15) is 4.79 Å². The summed E-state index contributed by atoms with van der Waals surface area (Å²) in [4.78, 5) is 21.0. The van der Waals surface area contributed by atoms with E-state index in [2.05, 4.69) is 27.9 Å². The molecule has 0 spiro atoms. The number of fused-ring (bicyclic) bond motifs is 3. The van der Waals surface area contributed by atoms with Gasteiger partial charge in [0.1, 0.15) is 16.9 Å². The number of nitrogens with two attached hydrogens (primary N) is 1. The van der Waals surface area contributed by atoms with Crippen LogP contribution in [0.15, 0.2) is 24.3 Å². The smallest absolute Gasteiger partial charge is 0.407 e. The number of carbonyl (C=O) groups excluding carboxylic acids is 1. The monoisotopic (exact) mass is 383 g/mol. The quantitative estimate of drug-likeness (QED) is 0.627. The minimum absolute atomic E-state index is 0.375. The fourth-order valence-electron chi connectivity index (χ4n) is 3.32. The second-order valence-electron chi connectivity index (χ2n) is 7.88. The number of nitrogens with one attached hydrogen (secondary N) is 1. The molecule has 0 aliphatic rings. The standard InChI is InChI=1S/C21H29N5O2/c1-5-16-25-17-18(14-10-6-7-11-15(14)24-19(17)22)26(16)13-9-8-12-23-20(27)28-21(2,3)4/h6-7,10-11H,5,8-9,12-13H2,1-4H3,(H2,22,24)(H,23,27). The van der Waals surface area contributed by atoms with Crippen molar-refractivity contribution in [2.75, 3.05) is 12.3 Å². The number of carbonyl (C=O) groups is 1. The molecule has 1 aromatic carbocycles. The summed E-state index contributed by atoms with van der Waals surface area (Å²) >= 11 is 0. The van der Waals surface area contributed by atoms with Crippen molar-refractivity contribution < 1.29 is 9.53 Å². The number of rotatable bonds is 6. The van der Waals surface area contributed by atoms with Crippen LogP contribution in [0.4, 0.5) is 10.6 Å². The third kappa shape index (κ3) is 4.35. The predicted molar refractivity (Wildman–Crippen MR) is 112 cm³/mol. The predicted octanol–water partition coefficient (Wildman–Crippen LogP) is 4.03. The Labute approximate surface area is 165 Å². The van der Waals surface area contributed by atoms with Gasteiger partial charge in [-0.15, -0.1) is 0 Å². The number of unbranched alkanes of at least 4 members (excludes halogenated alkanes) is 1. The summed E-state index contributed by atoms with van der Waals surface area (Å²) in [6.45, 7) is 9.04. The number of amides is 1. The topological polar surface area (TPSA) is 95.1 Å². The first-order valence-electron chi connectivity index (χ1n) is 9.80. The molecule has 0 atom stereocenters. The van der Waals surface area contributed by atoms with Crippen LogP contribution in [0, 0.1) is 0 Å². The number of para-hydroxylation sites is 1. The number of benzene rings is 1. The highest BCUT2D eigenvalue weighted by Gasteiger charge is 2.17. The molecule has 7 nitrogen and oxygen atoms in total. The Morgan fingerprint density at radius 3 is 2.68 bits per heavy atom. The maximum atomic E-state index is 11.7. The first kappa shape index (κ1) is 19.9. The second-order valence-corrected chi connectivity index (χ2v) is 7.88. The number of hydrogen-bond donors (Lipinski definition) is 2. The van der Waals surface area contributed by atoms with E-state index in [0.717, 1.165) is 53.6 Å². The van der Waals surface area contributed by atoms with Gasteiger partial charge in [-0.1, -0.05) is 25.1 Å². The average molecular weight is 383 g/mol. The second kappa shape index (κ2) is 8.04. The Kier molecular flexibility index (Phi) is 5.72. The summed E-state index contributed by atoms with van der Waals surface area (Å²) in [6, 6.07) is 8.00. The van der Waals surface area contributed by atoms with E-state index in [0.29, 0.717) is 12.4 Å². The van der Waals surface area contributed by atoms with Crippen molar-refractivity contribution in [3.05, 3.63) is 30.1 Å². The van der Waals surface area contributed by atoms with Crippen molar-refractivity contribution in [1.82, 2.24) is 19.9 Å². The summed E-state index contributed by atoms with van der Waals surface area (Å²) in [6.07, 6.45) is 2.20. The molecule has 0 aliphatic carbocycles. The van der Waals surface area contributed by atoms with E-state index in [4.69, 9.17) is 15.5 Å². The van der Waals surface area contributed by atoms with Crippen LogP contribution in [0.1, 0.15) is 46.4 Å². The van der Waals surface area contributed by atoms with Gasteiger partial charge in [-0.25, -0.2) is 14.8 Å². The summed E-state index contributed by atoms with van der Waals surface area (Å²) in [5.41, 5.74) is 8.38. The lowest BCUT2D eigenvalue weighted by atomic mass is 10.2. The third-order valence-electron chi connectivity index (χ3n) is 4.48. The highest BCUT2D eigenvalue weighted by molar-refractivity contribution is 6.06. The van der Waals surface area contributed by atoms with Gasteiger partial charge in [0.25, 0.3) is 0 Å². The molecule has 0 saturated heterocycles. The number of nitrogens with zero attached hydrogens (tertiary/aromatic N) is 3. The summed E-state index contributed by atoms with van der Waals surface area (Å²) < 4.78 is 7.50. The van der Waals surface area contributed by atoms with Crippen LogP contribution >= 0.6 is 0 Å². The molecule has 2 heterocycles. The van der Waals surface area contributed by atoms with E-state index in [1.165, 1.54) is 0 Å². The Morgan fingerprint density at radius 1 is 1.21 bits per heavy atom. The number of imidazole rings is 1. The molecule has 0 saturated carbocycles. The van der Waals surface area contributed by atoms with E-state index >= 15 is 0 Å². The maximum absolute atomic E-state index is 11.7. The zero-order chi connectivity index (χ0) is 20.3. The minimum atomic E-state index is -0.481. The summed E-state index contributed by atoms with van der Waals surface area (Å²) in [5, 5.41) is 3.87. The van der Waals surface area contributed by atoms with Crippen LogP contribution in [0.25, 0.3) is 21.9 Å². The number of anilines is 1. The lowest BCUT2D eigenvalue weighted by Gasteiger charge is -2.19. The molecule has 0 bridgehead atoms. The van der Waals surface area contributed by atoms with Gasteiger partial charge in [-0.3, -0.25) is 0 Å². The Hall–Kier alpha value is -2.83. The van der Waals surface area contributed by atoms with Crippen molar-refractivity contribution in [1.29, 1.82) is 0 Å². The minimum Gasteiger partial charge on any atom is -0.444 e. The fourth-order valence-corrected chi connectivity index (χ4v) is 3.32. The molecule has 2 aromatic heterocycles. The van der Waals surface area contributed by atoms with Gasteiger partial charge in [-0.2, -0.15) is 0 Å². The Bertz CT molecular complexity index is 988. The summed E-state index contributed by atoms with van der Waals surface area (Å²) in [7, 11) is 0. The molecule has 28 heavy (non-hydrogen) atoms. The normalized spacial score (nSPS) is 11.9. The zero-order valence-electron chi connectivity index (χ0n) is 17.1. The molecular weight excluding hydrogens is 354 g/mol. The Morgan fingerprint density at radius 2 is 1.96 bits per heavy atom. The number of ether oxygens (including phenoxy) is 1. The molecule has 150 valence electrons. The van der Waals surface area contributed by atoms with Crippen LogP contribution < -0.4 is 11.1 Å². The number of pyridine rings is 1. The molecule has 0 radical (unpaired) electrons. The molecule has 7 heteroatoms. The van der Waals surface area contributed by atoms with Gasteiger partial charge in [-0.05, 0) is 39.7 Å². The maximum Gasteiger partial charge on any atom is 0.407 e. The van der Waals surface area contributed by atoms with Gasteiger partial charge in [0.15, 0.2) is 5.82 Å². The van der Waals surface area contributed by atoms with Crippen molar-refractivity contribution in [3.63, 3.8) is 0 Å². The first-order chi connectivity index (χ1) is 13.3. The van der Waals surface area contributed by atoms with Crippen LogP contribution in [0.3, 0.4) is 0 Å². The van der Waals surface area contributed by atoms with Crippen LogP contribution in [-0.4, -0.2) is 32.8 Å². The number of nitrogen functional groups attached to an aromatic ring is 1. The number of aryl methyl sites for hydroxylation is 2. The third-order valence-corrected chi connectivity index (χ3v) is 4.48. The van der Waals surface area contributed by atoms with Crippen molar-refractivity contribution >= 4 is 33.8 Å². The largest absolute Gasteiger partial charge is 0.444 e. The first-order valence-corrected chi connectivity index (χ1v) is 9.80. The van der Waals surface area contributed by atoms with Gasteiger partial charge < -0.3 is 20.4 Å². The van der Waals surface area contributed by atoms with Crippen LogP contribution in [-0.2, 0) is 17.7 Å². The fraction of sp³-hybridized carbons (Fsp3) is 0.476. The van der Waals surface area contributed by atoms with Crippen molar-refractivity contribution in [3.8, 4) is 0 Å². The number of aromatic nitrogens is 3. The van der Waals surface area contributed by atoms with Crippen LogP contribution in [0.2, 0.25) is 0 Å². The average Bonchev–Trinajstić information content (AvgIpc) is 2.99. The highest BCUT2D eigenvalue weighted by Crippen LogP contribution is 2.29. The molecular formula is C21H29N5O2. The molecule has 0 unspecified atom stereocenters. The Balaban J connectivity index is 1.73. The van der Waals surface area contributed by atoms with Gasteiger partial charge >= 0.3 is 6.09 Å². The summed E-state index contributed by atoms with van der Waals surface area (Å²) in [5.74, 6) is 1.47. The lowest BCUT2D eigenvalue weighted by molar-refractivity contribution is 0.0527. The van der Waals surface area contributed by atoms with Crippen molar-refractivity contribution in [2.45, 2.75) is 59.1 Å². The zero-order valence-corrected chi connectivity index (χ0v) is 17.1. The number of alkyl carbamates (subject to hydrolysis) is 1. The molecule has 0 aliphatic heterocycles. The van der Waals surface area contributed by atoms with Gasteiger partial charge in [0, 0.05) is 24.9 Å². The van der Waals surface area contributed by atoms with Gasteiger partial charge in [0.05, 0.1) is 11.0 Å². The molecule has 0 fully saturated rings. The molecule has 3 rings (SSSR count). The van der Waals surface area contributed by atoms with E-state index in [1.807, 2.05) is 39.0 Å². The lowest BCUT2D eigenvalue weighted by Crippen LogP contribution is -2.33. The number of hydrogen-bond acceptors (Lipinski definition) is 5. The van der Waals surface area contributed by atoms with E-state index in [1.54, 1.807) is 0 Å². The molecule has 3 aromatic rings. The van der Waals surface area contributed by atoms with E-state index in [-0.39, 0.29) is 6.09 Å². The molecule has 3 N–H and O–H groups in total. The molecule has 1 amide bonds. The van der Waals surface area contributed by atoms with E-state index < -0.39 is 5.60 Å². The SMILES string of the molecule is CCc1nc2c(N)nc3ccccc3c2n1CCCCNC(=O)OC(C)(C)C.